The van der Waals surface area contributed by atoms with Gasteiger partial charge >= 0.3 is 17.9 Å². The van der Waals surface area contributed by atoms with Crippen LogP contribution in [0, 0.1) is 0 Å². The second-order valence-electron chi connectivity index (χ2n) is 14.2. The summed E-state index contributed by atoms with van der Waals surface area (Å²) in [6.45, 7) is 4.68. The normalized spacial score (nSPS) is 13.1. The van der Waals surface area contributed by atoms with E-state index in [0.29, 0.717) is 19.3 Å². The Kier molecular flexibility index (Phi) is 30.1. The molecule has 0 amide bonds. The summed E-state index contributed by atoms with van der Waals surface area (Å²) in [6, 6.07) is -0.609. The van der Waals surface area contributed by atoms with Crippen molar-refractivity contribution >= 4 is 17.9 Å². The van der Waals surface area contributed by atoms with Gasteiger partial charge in [0.05, 0.1) is 34.4 Å². The quantitative estimate of drug-likeness (QED) is 0.0315. The lowest BCUT2D eigenvalue weighted by Crippen LogP contribution is -2.50. The smallest absolute Gasteiger partial charge is 0.362 e. The Labute approximate surface area is 289 Å². The lowest BCUT2D eigenvalue weighted by molar-refractivity contribution is -0.887. The van der Waals surface area contributed by atoms with Crippen LogP contribution in [0.1, 0.15) is 168 Å². The fourth-order valence-corrected chi connectivity index (χ4v) is 5.61. The number of hydrogen-bond donors (Lipinski definition) is 1. The number of carboxylic acids is 1. The predicted octanol–water partition coefficient (Wildman–Crippen LogP) is 9.58. The third-order valence-electron chi connectivity index (χ3n) is 8.66. The molecule has 0 heterocycles. The molecule has 0 fully saturated rings. The highest BCUT2D eigenvalue weighted by molar-refractivity contribution is 5.72. The van der Waals surface area contributed by atoms with Crippen LogP contribution < -0.4 is 0 Å². The van der Waals surface area contributed by atoms with Gasteiger partial charge in [-0.2, -0.15) is 0 Å². The van der Waals surface area contributed by atoms with Gasteiger partial charge in [-0.1, -0.05) is 122 Å². The molecule has 0 rings (SSSR count). The van der Waals surface area contributed by atoms with Crippen LogP contribution in [0.2, 0.25) is 0 Å². The number of esters is 2. The molecule has 276 valence electrons. The van der Waals surface area contributed by atoms with Crippen molar-refractivity contribution in [1.82, 2.24) is 0 Å². The Bertz CT molecular complexity index is 793. The number of quaternary nitrogens is 1. The molecule has 0 aliphatic heterocycles. The zero-order valence-electron chi connectivity index (χ0n) is 31.2. The van der Waals surface area contributed by atoms with Gasteiger partial charge in [-0.3, -0.25) is 9.59 Å². The van der Waals surface area contributed by atoms with Crippen LogP contribution in [0.15, 0.2) is 12.2 Å². The number of carboxylic acid groups (broad SMARTS) is 1. The second-order valence-corrected chi connectivity index (χ2v) is 14.2. The monoisotopic (exact) mass is 669 g/mol. The molecule has 0 saturated carbocycles. The summed E-state index contributed by atoms with van der Waals surface area (Å²) < 4.78 is 17.1. The van der Waals surface area contributed by atoms with Crippen molar-refractivity contribution in [2.75, 3.05) is 41.0 Å². The molecule has 0 aliphatic rings. The molecule has 0 aromatic heterocycles. The second kappa shape index (κ2) is 31.3. The van der Waals surface area contributed by atoms with Crippen molar-refractivity contribution in [1.29, 1.82) is 0 Å². The Morgan fingerprint density at radius 2 is 1.06 bits per heavy atom. The van der Waals surface area contributed by atoms with E-state index in [9.17, 15) is 19.5 Å². The molecule has 0 radical (unpaired) electrons. The number of carbonyl (C=O) groups excluding carboxylic acids is 2. The van der Waals surface area contributed by atoms with Gasteiger partial charge in [0, 0.05) is 19.3 Å². The van der Waals surface area contributed by atoms with E-state index in [2.05, 4.69) is 26.0 Å². The highest BCUT2D eigenvalue weighted by Crippen LogP contribution is 2.13. The molecule has 0 spiro atoms. The topological polar surface area (TPSA) is 99.1 Å². The van der Waals surface area contributed by atoms with Gasteiger partial charge in [-0.15, -0.1) is 0 Å². The van der Waals surface area contributed by atoms with Crippen molar-refractivity contribution in [2.24, 2.45) is 0 Å². The van der Waals surface area contributed by atoms with Gasteiger partial charge in [-0.05, 0) is 38.5 Å². The molecule has 0 saturated heterocycles. The van der Waals surface area contributed by atoms with Crippen LogP contribution in [0.4, 0.5) is 0 Å². The van der Waals surface area contributed by atoms with Gasteiger partial charge in [0.25, 0.3) is 0 Å². The minimum atomic E-state index is -0.876. The molecule has 8 nitrogen and oxygen atoms in total. The third-order valence-corrected chi connectivity index (χ3v) is 8.66. The minimum absolute atomic E-state index is 0.0511. The number of carbonyl (C=O) groups is 3. The van der Waals surface area contributed by atoms with E-state index in [1.54, 1.807) is 0 Å². The molecular formula is C39H74NO7+. The third kappa shape index (κ3) is 29.9. The van der Waals surface area contributed by atoms with Crippen LogP contribution in [0.25, 0.3) is 0 Å². The van der Waals surface area contributed by atoms with E-state index in [1.807, 2.05) is 21.1 Å². The first-order valence-electron chi connectivity index (χ1n) is 19.2. The van der Waals surface area contributed by atoms with Crippen molar-refractivity contribution in [2.45, 2.75) is 180 Å². The summed E-state index contributed by atoms with van der Waals surface area (Å²) in [5.74, 6) is -1.48. The Balaban J connectivity index is 4.31. The van der Waals surface area contributed by atoms with Crippen molar-refractivity contribution < 1.29 is 38.2 Å². The number of unbranched alkanes of at least 4 members (excludes halogenated alkanes) is 18. The maximum atomic E-state index is 12.5. The fourth-order valence-electron chi connectivity index (χ4n) is 5.61. The van der Waals surface area contributed by atoms with Crippen LogP contribution in [-0.2, 0) is 28.6 Å². The maximum absolute atomic E-state index is 12.5. The number of likely N-dealkylation sites (N-methyl/N-ethyl adjacent to an activating group) is 1. The summed E-state index contributed by atoms with van der Waals surface area (Å²) in [4.78, 5) is 36.6. The van der Waals surface area contributed by atoms with Crippen LogP contribution in [0.3, 0.4) is 0 Å². The minimum Gasteiger partial charge on any atom is -0.477 e. The van der Waals surface area contributed by atoms with E-state index in [-0.39, 0.29) is 36.2 Å². The van der Waals surface area contributed by atoms with Gasteiger partial charge in [0.2, 0.25) is 0 Å². The summed E-state index contributed by atoms with van der Waals surface area (Å²) in [5.41, 5.74) is 0. The molecular weight excluding hydrogens is 594 g/mol. The summed E-state index contributed by atoms with van der Waals surface area (Å²) in [6.07, 6.45) is 29.8. The van der Waals surface area contributed by atoms with E-state index in [0.717, 1.165) is 44.9 Å². The number of nitrogens with zero attached hydrogens (tertiary/aromatic N) is 1. The molecule has 0 aromatic carbocycles. The van der Waals surface area contributed by atoms with Gasteiger partial charge in [0.15, 0.2) is 12.1 Å². The lowest BCUT2D eigenvalue weighted by Gasteiger charge is -2.31. The van der Waals surface area contributed by atoms with Crippen molar-refractivity contribution in [3.63, 3.8) is 0 Å². The number of allylic oxidation sites excluding steroid dienone is 2. The first-order chi connectivity index (χ1) is 22.6. The SMILES string of the molecule is CCCCCCCCC/C=C/CCCCCCCC(=O)OCC(COCCC(C(=O)O)[N+](C)(C)C)OC(=O)CCCCCCCCC. The predicted molar refractivity (Wildman–Crippen MR) is 192 cm³/mol. The number of rotatable bonds is 34. The summed E-state index contributed by atoms with van der Waals surface area (Å²) >= 11 is 0. The van der Waals surface area contributed by atoms with Gasteiger partial charge < -0.3 is 23.8 Å². The highest BCUT2D eigenvalue weighted by atomic mass is 16.6. The first kappa shape index (κ1) is 45.1. The molecule has 1 N–H and O–H groups in total. The number of ether oxygens (including phenoxy) is 3. The Hall–Kier alpha value is -1.93. The van der Waals surface area contributed by atoms with Gasteiger partial charge in [-0.25, -0.2) is 4.79 Å². The molecule has 0 aliphatic carbocycles. The fraction of sp³-hybridized carbons (Fsp3) is 0.872. The Morgan fingerprint density at radius 3 is 1.53 bits per heavy atom. The number of hydrogen-bond acceptors (Lipinski definition) is 6. The van der Waals surface area contributed by atoms with Gasteiger partial charge in [0.1, 0.15) is 6.61 Å². The van der Waals surface area contributed by atoms with Crippen LogP contribution >= 0.6 is 0 Å². The van der Waals surface area contributed by atoms with E-state index < -0.39 is 18.1 Å². The van der Waals surface area contributed by atoms with E-state index in [1.165, 1.54) is 89.9 Å². The van der Waals surface area contributed by atoms with Crippen LogP contribution in [-0.4, -0.2) is 80.6 Å². The average Bonchev–Trinajstić information content (AvgIpc) is 3.01. The first-order valence-corrected chi connectivity index (χ1v) is 19.2. The van der Waals surface area contributed by atoms with Crippen molar-refractivity contribution in [3.05, 3.63) is 12.2 Å². The summed E-state index contributed by atoms with van der Waals surface area (Å²) in [5, 5.41) is 9.55. The van der Waals surface area contributed by atoms with E-state index >= 15 is 0 Å². The van der Waals surface area contributed by atoms with Crippen LogP contribution in [0.5, 0.6) is 0 Å². The zero-order chi connectivity index (χ0) is 35.0. The Morgan fingerprint density at radius 1 is 0.617 bits per heavy atom. The van der Waals surface area contributed by atoms with E-state index in [4.69, 9.17) is 14.2 Å². The van der Waals surface area contributed by atoms with Crippen molar-refractivity contribution in [3.8, 4) is 0 Å². The average molecular weight is 669 g/mol. The zero-order valence-corrected chi connectivity index (χ0v) is 31.2. The molecule has 2 atom stereocenters. The molecule has 0 bridgehead atoms. The number of aliphatic carboxylic acids is 1. The lowest BCUT2D eigenvalue weighted by atomic mass is 10.1. The largest absolute Gasteiger partial charge is 0.477 e. The molecule has 0 aromatic rings. The molecule has 8 heteroatoms. The molecule has 47 heavy (non-hydrogen) atoms. The highest BCUT2D eigenvalue weighted by Gasteiger charge is 2.31. The standard InChI is InChI=1S/C39H73NO7/c1-6-8-10-12-14-15-16-17-18-19-20-21-22-24-25-27-29-37(41)46-34-35(33-45-32-31-36(39(43)44)40(3,4)5)47-38(42)30-28-26-23-13-11-9-7-2/h18-19,35-36H,6-17,20-34H2,1-5H3/p+1/b19-18+. The maximum Gasteiger partial charge on any atom is 0.362 e. The molecule has 2 unspecified atom stereocenters. The summed E-state index contributed by atoms with van der Waals surface area (Å²) in [7, 11) is 5.51.